The molecule has 0 N–H and O–H groups in total. The highest BCUT2D eigenvalue weighted by molar-refractivity contribution is 6.31. The molecule has 0 spiro atoms. The Labute approximate surface area is 407 Å². The number of amides is 2. The Morgan fingerprint density at radius 1 is 0.500 bits per heavy atom. The van der Waals surface area contributed by atoms with Crippen LogP contribution in [0.4, 0.5) is 11.4 Å². The molecule has 0 aliphatic carbocycles. The Morgan fingerprint density at radius 3 is 1.37 bits per heavy atom. The van der Waals surface area contributed by atoms with Gasteiger partial charge in [0.2, 0.25) is 0 Å². The third-order valence-corrected chi connectivity index (χ3v) is 13.5. The zero-order valence-electron chi connectivity index (χ0n) is 39.2. The number of hydrogen-bond donors (Lipinski definition) is 0. The van der Waals surface area contributed by atoms with Crippen molar-refractivity contribution in [2.45, 2.75) is 64.2 Å². The molecule has 6 heterocycles. The zero-order valence-corrected chi connectivity index (χ0v) is 39.2. The number of hydrogen-bond acceptors (Lipinski definition) is 12. The number of aryl methyl sites for hydroxylation is 2. The van der Waals surface area contributed by atoms with E-state index in [0.29, 0.717) is 48.9 Å². The maximum absolute atomic E-state index is 13.3. The summed E-state index contributed by atoms with van der Waals surface area (Å²) in [6.07, 6.45) is 11.0. The molecule has 14 heteroatoms. The van der Waals surface area contributed by atoms with Gasteiger partial charge in [-0.25, -0.2) is 19.6 Å². The molecule has 4 aromatic carbocycles. The second kappa shape index (κ2) is 21.5. The molecule has 2 amide bonds. The first-order valence-corrected chi connectivity index (χ1v) is 24.4. The average molecular weight is 941 g/mol. The summed E-state index contributed by atoms with van der Waals surface area (Å²) in [5.74, 6) is -2.89. The van der Waals surface area contributed by atoms with Crippen LogP contribution in [0.2, 0.25) is 0 Å². The van der Waals surface area contributed by atoms with Crippen molar-refractivity contribution >= 4 is 69.1 Å². The van der Waals surface area contributed by atoms with Crippen LogP contribution in [0.1, 0.15) is 73.9 Å². The summed E-state index contributed by atoms with van der Waals surface area (Å²) < 4.78 is 12.2. The van der Waals surface area contributed by atoms with Gasteiger partial charge in [-0.3, -0.25) is 9.59 Å². The van der Waals surface area contributed by atoms with E-state index in [4.69, 9.17) is 29.1 Å². The summed E-state index contributed by atoms with van der Waals surface area (Å²) in [6, 6.07) is 35.3. The van der Waals surface area contributed by atoms with Gasteiger partial charge in [-0.2, -0.15) is 0 Å². The fourth-order valence-electron chi connectivity index (χ4n) is 9.58. The van der Waals surface area contributed by atoms with Gasteiger partial charge in [0.05, 0.1) is 47.0 Å². The monoisotopic (exact) mass is 940 g/mol. The Morgan fingerprint density at radius 2 is 0.929 bits per heavy atom. The van der Waals surface area contributed by atoms with Crippen molar-refractivity contribution in [1.29, 1.82) is 0 Å². The highest BCUT2D eigenvalue weighted by atomic mass is 16.8. The molecule has 0 unspecified atom stereocenters. The molecule has 2 saturated heterocycles. The summed E-state index contributed by atoms with van der Waals surface area (Å²) >= 11 is 0. The number of nitrogens with zero attached hydrogens (tertiary/aromatic N) is 6. The van der Waals surface area contributed by atoms with E-state index in [9.17, 15) is 19.2 Å². The van der Waals surface area contributed by atoms with Crippen LogP contribution < -0.4 is 19.6 Å². The third-order valence-electron chi connectivity index (χ3n) is 13.5. The number of anilines is 2. The third kappa shape index (κ3) is 11.2. The Kier molecular flexibility index (Phi) is 14.2. The number of rotatable bonds is 14. The number of aromatic nitrogens is 2. The van der Waals surface area contributed by atoms with Crippen LogP contribution in [0.3, 0.4) is 0 Å². The number of benzene rings is 4. The number of carbonyl (C=O) groups is 4. The molecule has 2 aromatic heterocycles. The van der Waals surface area contributed by atoms with Gasteiger partial charge in [-0.15, -0.1) is 10.1 Å². The second-order valence-corrected chi connectivity index (χ2v) is 18.3. The molecule has 2 fully saturated rings. The summed E-state index contributed by atoms with van der Waals surface area (Å²) in [5.41, 5.74) is 8.91. The molecule has 70 heavy (non-hydrogen) atoms. The molecule has 358 valence electrons. The first kappa shape index (κ1) is 46.3. The predicted octanol–water partition coefficient (Wildman–Crippen LogP) is 8.85. The summed E-state index contributed by atoms with van der Waals surface area (Å²) in [6.45, 7) is 6.49. The number of ether oxygens (including phenoxy) is 2. The predicted molar refractivity (Wildman–Crippen MR) is 268 cm³/mol. The van der Waals surface area contributed by atoms with Gasteiger partial charge in [-0.05, 0) is 111 Å². The molecule has 0 atom stereocenters. The number of pyridine rings is 2. The van der Waals surface area contributed by atoms with Crippen molar-refractivity contribution < 1.29 is 38.3 Å². The molecule has 0 radical (unpaired) electrons. The SMILES string of the molecule is O=C(ON1C(=O)CCc2ccc(OCCCN3CCC(=Cc4ccc5ccccc5n4)CC3)cc21)C(=O)ON1C(=O)CCc2ccc(OCCCN3CCC(=Cc4ccc5ccccc5n4)CC3)cc21. The maximum atomic E-state index is 13.3. The fourth-order valence-corrected chi connectivity index (χ4v) is 9.58. The normalized spacial score (nSPS) is 16.5. The lowest BCUT2D eigenvalue weighted by Gasteiger charge is -2.29. The summed E-state index contributed by atoms with van der Waals surface area (Å²) in [7, 11) is 0. The Balaban J connectivity index is 0.675. The van der Waals surface area contributed by atoms with E-state index in [1.807, 2.05) is 60.7 Å². The number of carbonyl (C=O) groups excluding carboxylic acids is 4. The van der Waals surface area contributed by atoms with Gasteiger partial charge in [-0.1, -0.05) is 71.8 Å². The highest BCUT2D eigenvalue weighted by Crippen LogP contribution is 2.34. The topological polar surface area (TPSA) is 144 Å². The lowest BCUT2D eigenvalue weighted by molar-refractivity contribution is -0.172. The first-order valence-electron chi connectivity index (χ1n) is 24.4. The van der Waals surface area contributed by atoms with Gasteiger partial charge in [0.1, 0.15) is 11.5 Å². The van der Waals surface area contributed by atoms with Gasteiger partial charge in [0.25, 0.3) is 11.8 Å². The lowest BCUT2D eigenvalue weighted by Crippen LogP contribution is -2.43. The number of fused-ring (bicyclic) bond motifs is 4. The minimum Gasteiger partial charge on any atom is -0.493 e. The molecule has 6 aromatic rings. The van der Waals surface area contributed by atoms with Crippen molar-refractivity contribution in [3.8, 4) is 11.5 Å². The van der Waals surface area contributed by atoms with E-state index >= 15 is 0 Å². The van der Waals surface area contributed by atoms with Crippen LogP contribution >= 0.6 is 0 Å². The van der Waals surface area contributed by atoms with Crippen molar-refractivity contribution in [2.24, 2.45) is 0 Å². The van der Waals surface area contributed by atoms with Gasteiger partial charge in [0, 0.05) is 75.0 Å². The number of hydroxylamine groups is 2. The van der Waals surface area contributed by atoms with Crippen molar-refractivity contribution in [3.63, 3.8) is 0 Å². The fraction of sp³-hybridized carbons (Fsp3) is 0.321. The van der Waals surface area contributed by atoms with Crippen LogP contribution in [0.25, 0.3) is 34.0 Å². The zero-order chi connectivity index (χ0) is 47.8. The van der Waals surface area contributed by atoms with E-state index in [2.05, 4.69) is 58.4 Å². The highest BCUT2D eigenvalue weighted by Gasteiger charge is 2.35. The molecule has 0 saturated carbocycles. The Hall–Kier alpha value is -7.42. The van der Waals surface area contributed by atoms with E-state index in [-0.39, 0.29) is 12.8 Å². The molecular weight excluding hydrogens is 885 g/mol. The van der Waals surface area contributed by atoms with E-state index in [1.165, 1.54) is 11.1 Å². The lowest BCUT2D eigenvalue weighted by atomic mass is 10.0. The van der Waals surface area contributed by atoms with Crippen molar-refractivity contribution in [2.75, 3.05) is 62.6 Å². The van der Waals surface area contributed by atoms with Crippen LogP contribution in [0, 0.1) is 0 Å². The van der Waals surface area contributed by atoms with Crippen molar-refractivity contribution in [3.05, 3.63) is 143 Å². The molecular formula is C56H56N6O8. The quantitative estimate of drug-likeness (QED) is 0.0760. The van der Waals surface area contributed by atoms with Gasteiger partial charge in [0.15, 0.2) is 0 Å². The Bertz CT molecular complexity index is 2790. The van der Waals surface area contributed by atoms with E-state index in [0.717, 1.165) is 132 Å². The summed E-state index contributed by atoms with van der Waals surface area (Å²) in [5, 5.41) is 3.92. The van der Waals surface area contributed by atoms with Crippen LogP contribution in [-0.4, -0.2) is 96.0 Å². The smallest absolute Gasteiger partial charge is 0.444 e. The molecule has 0 bridgehead atoms. The van der Waals surface area contributed by atoms with E-state index in [1.54, 1.807) is 12.1 Å². The minimum absolute atomic E-state index is 0.0722. The minimum atomic E-state index is -1.45. The molecule has 4 aliphatic heterocycles. The number of piperidine rings is 2. The van der Waals surface area contributed by atoms with E-state index < -0.39 is 23.8 Å². The van der Waals surface area contributed by atoms with Crippen LogP contribution in [-0.2, 0) is 41.7 Å². The molecule has 10 rings (SSSR count). The summed E-state index contributed by atoms with van der Waals surface area (Å²) in [4.78, 5) is 78.1. The number of likely N-dealkylation sites (tertiary alicyclic amines) is 2. The molecule has 14 nitrogen and oxygen atoms in total. The maximum Gasteiger partial charge on any atom is 0.444 e. The largest absolute Gasteiger partial charge is 0.493 e. The van der Waals surface area contributed by atoms with Gasteiger partial charge < -0.3 is 28.9 Å². The van der Waals surface area contributed by atoms with Crippen LogP contribution in [0.15, 0.2) is 120 Å². The van der Waals surface area contributed by atoms with Crippen molar-refractivity contribution in [1.82, 2.24) is 19.8 Å². The van der Waals surface area contributed by atoms with Gasteiger partial charge >= 0.3 is 11.9 Å². The second-order valence-electron chi connectivity index (χ2n) is 18.3. The first-order chi connectivity index (χ1) is 34.3. The van der Waals surface area contributed by atoms with Crippen LogP contribution in [0.5, 0.6) is 11.5 Å². The standard InChI is InChI=1S/C56H56N6O8/c63-53-21-15-43-13-19-47(67-33-5-27-59-29-23-39(24-30-59)35-45-17-11-41-7-1-3-9-49(41)57-45)37-51(43)61(53)69-55(65)56(66)70-62-52-38-48(20-14-44(52)16-22-54(62)64)68-34-6-28-60-31-25-40(26-32-60)36-46-18-12-42-8-2-4-10-50(42)58-46/h1-4,7-14,17-20,35-38H,5-6,15-16,21-34H2. The molecule has 4 aliphatic rings. The average Bonchev–Trinajstić information content (AvgIpc) is 3.39. The number of para-hydroxylation sites is 2.